The van der Waals surface area contributed by atoms with E-state index in [1.165, 1.54) is 85.1 Å². The van der Waals surface area contributed by atoms with Crippen molar-refractivity contribution in [2.75, 3.05) is 52.9 Å². The number of nitrogens with one attached hydrogen (secondary N) is 1. The molecule has 2 aliphatic heterocycles. The normalized spacial score (nSPS) is 18.9. The lowest BCUT2D eigenvalue weighted by atomic mass is 9.97. The van der Waals surface area contributed by atoms with Crippen LogP contribution >= 0.6 is 11.3 Å². The van der Waals surface area contributed by atoms with Gasteiger partial charge < -0.3 is 19.9 Å². The molecule has 0 radical (unpaired) electrons. The number of aromatic amines is 1. The summed E-state index contributed by atoms with van der Waals surface area (Å²) in [6, 6.07) is 19.9. The number of carboxylic acid groups (broad SMARTS) is 1. The zero-order valence-electron chi connectivity index (χ0n) is 24.5. The van der Waals surface area contributed by atoms with E-state index in [4.69, 9.17) is 14.9 Å². The number of hydrogen-bond acceptors (Lipinski definition) is 6. The number of benzene rings is 2. The van der Waals surface area contributed by atoms with Gasteiger partial charge >= 0.3 is 12.1 Å². The highest BCUT2D eigenvalue weighted by atomic mass is 32.1. The van der Waals surface area contributed by atoms with E-state index in [1.807, 2.05) is 0 Å². The number of para-hydroxylation sites is 1. The molecule has 43 heavy (non-hydrogen) atoms. The highest BCUT2D eigenvalue weighted by Gasteiger charge is 2.38. The molecule has 0 aliphatic carbocycles. The molecule has 6 rings (SSSR count). The van der Waals surface area contributed by atoms with Gasteiger partial charge in [-0.2, -0.15) is 13.2 Å². The Hall–Kier alpha value is -3.25. The van der Waals surface area contributed by atoms with Crippen LogP contribution in [0.25, 0.3) is 32.2 Å². The number of aryl methyl sites for hydroxylation is 1. The Morgan fingerprint density at radius 2 is 1.67 bits per heavy atom. The molecule has 1 unspecified atom stereocenters. The van der Waals surface area contributed by atoms with E-state index in [-0.39, 0.29) is 0 Å². The van der Waals surface area contributed by atoms with Gasteiger partial charge in [-0.05, 0) is 74.2 Å². The van der Waals surface area contributed by atoms with Gasteiger partial charge in [-0.15, -0.1) is 11.3 Å². The van der Waals surface area contributed by atoms with Crippen molar-refractivity contribution in [1.82, 2.24) is 24.7 Å². The van der Waals surface area contributed by atoms with Gasteiger partial charge in [-0.3, -0.25) is 4.90 Å². The summed E-state index contributed by atoms with van der Waals surface area (Å²) < 4.78 is 31.7. The molecular weight excluding hydrogens is 575 g/mol. The first-order valence-corrected chi connectivity index (χ1v) is 15.4. The van der Waals surface area contributed by atoms with Gasteiger partial charge in [0, 0.05) is 50.7 Å². The SMILES string of the molecule is Cc1cccc2[nH]c(-c3ccc(-c4ccc(CN5CCN(CC6CCCN(C)C6)CC5)cc4)s3)nc12.O=C(O)C(F)(F)F. The number of imidazole rings is 1. The van der Waals surface area contributed by atoms with Crippen LogP contribution in [0.3, 0.4) is 0 Å². The Morgan fingerprint density at radius 3 is 2.33 bits per heavy atom. The number of aromatic nitrogens is 2. The molecule has 4 heterocycles. The van der Waals surface area contributed by atoms with Gasteiger partial charge in [-0.1, -0.05) is 36.4 Å². The third-order valence-electron chi connectivity index (χ3n) is 8.14. The predicted molar refractivity (Wildman–Crippen MR) is 165 cm³/mol. The van der Waals surface area contributed by atoms with E-state index in [9.17, 15) is 13.2 Å². The second-order valence-corrected chi connectivity index (χ2v) is 12.7. The van der Waals surface area contributed by atoms with Crippen LogP contribution in [0, 0.1) is 12.8 Å². The molecule has 0 bridgehead atoms. The molecule has 2 saturated heterocycles. The fourth-order valence-electron chi connectivity index (χ4n) is 5.86. The number of piperazine rings is 1. The molecule has 2 aromatic carbocycles. The average Bonchev–Trinajstić information content (AvgIpc) is 3.63. The van der Waals surface area contributed by atoms with Crippen molar-refractivity contribution in [3.63, 3.8) is 0 Å². The van der Waals surface area contributed by atoms with Crippen LogP contribution in [-0.2, 0) is 11.3 Å². The first kappa shape index (κ1) is 31.2. The summed E-state index contributed by atoms with van der Waals surface area (Å²) in [5, 5.41) is 7.12. The van der Waals surface area contributed by atoms with Crippen molar-refractivity contribution in [3.8, 4) is 21.1 Å². The minimum absolute atomic E-state index is 0.858. The highest BCUT2D eigenvalue weighted by molar-refractivity contribution is 7.18. The average molecular weight is 614 g/mol. The smallest absolute Gasteiger partial charge is 0.475 e. The number of aliphatic carboxylic acids is 1. The lowest BCUT2D eigenvalue weighted by molar-refractivity contribution is -0.192. The van der Waals surface area contributed by atoms with Crippen LogP contribution in [0.1, 0.15) is 24.0 Å². The van der Waals surface area contributed by atoms with Crippen molar-refractivity contribution < 1.29 is 23.1 Å². The molecule has 2 aliphatic rings. The summed E-state index contributed by atoms with van der Waals surface area (Å²) in [5.74, 6) is -0.939. The van der Waals surface area contributed by atoms with E-state index >= 15 is 0 Å². The van der Waals surface area contributed by atoms with Gasteiger partial charge in [-0.25, -0.2) is 9.78 Å². The third kappa shape index (κ3) is 8.23. The van der Waals surface area contributed by atoms with Gasteiger partial charge in [0.1, 0.15) is 5.82 Å². The third-order valence-corrected chi connectivity index (χ3v) is 9.29. The molecule has 1 atom stereocenters. The standard InChI is InChI=1S/C30H37N5S.C2HF3O2/c1-22-5-3-7-26-29(22)32-30(31-26)28-13-12-27(36-28)25-10-8-23(9-11-25)20-34-15-17-35(18-16-34)21-24-6-4-14-33(2)19-24;3-2(4,5)1(6)7/h3,5,7-13,24H,4,6,14-21H2,1-2H3,(H,31,32);(H,6,7). The molecule has 7 nitrogen and oxygen atoms in total. The van der Waals surface area contributed by atoms with Crippen molar-refractivity contribution in [3.05, 3.63) is 65.7 Å². The summed E-state index contributed by atoms with van der Waals surface area (Å²) >= 11 is 1.80. The number of nitrogens with zero attached hydrogens (tertiary/aromatic N) is 4. The first-order valence-electron chi connectivity index (χ1n) is 14.6. The molecule has 4 aromatic rings. The van der Waals surface area contributed by atoms with E-state index in [2.05, 4.69) is 88.3 Å². The molecule has 2 N–H and O–H groups in total. The summed E-state index contributed by atoms with van der Waals surface area (Å²) in [5.41, 5.74) is 6.07. The summed E-state index contributed by atoms with van der Waals surface area (Å²) in [6.45, 7) is 11.8. The second-order valence-electron chi connectivity index (χ2n) is 11.6. The van der Waals surface area contributed by atoms with Crippen molar-refractivity contribution in [2.24, 2.45) is 5.92 Å². The number of alkyl halides is 3. The molecule has 230 valence electrons. The van der Waals surface area contributed by atoms with Crippen molar-refractivity contribution in [1.29, 1.82) is 0 Å². The number of halogens is 3. The molecule has 2 fully saturated rings. The van der Waals surface area contributed by atoms with Crippen LogP contribution in [-0.4, -0.2) is 94.8 Å². The van der Waals surface area contributed by atoms with Gasteiger partial charge in [0.2, 0.25) is 0 Å². The van der Waals surface area contributed by atoms with Crippen LogP contribution < -0.4 is 0 Å². The van der Waals surface area contributed by atoms with Gasteiger partial charge in [0.25, 0.3) is 0 Å². The Labute approximate surface area is 253 Å². The van der Waals surface area contributed by atoms with Crippen LogP contribution in [0.15, 0.2) is 54.6 Å². The second kappa shape index (κ2) is 13.6. The largest absolute Gasteiger partial charge is 0.490 e. The number of piperidine rings is 1. The summed E-state index contributed by atoms with van der Waals surface area (Å²) in [4.78, 5) is 27.5. The van der Waals surface area contributed by atoms with Crippen LogP contribution in [0.5, 0.6) is 0 Å². The Bertz CT molecular complexity index is 1510. The Morgan fingerprint density at radius 1 is 1.00 bits per heavy atom. The molecule has 0 saturated carbocycles. The highest BCUT2D eigenvalue weighted by Crippen LogP contribution is 2.34. The lowest BCUT2D eigenvalue weighted by Gasteiger charge is -2.38. The quantitative estimate of drug-likeness (QED) is 0.264. The number of carbonyl (C=O) groups is 1. The summed E-state index contributed by atoms with van der Waals surface area (Å²) in [7, 11) is 2.27. The minimum Gasteiger partial charge on any atom is -0.475 e. The fourth-order valence-corrected chi connectivity index (χ4v) is 6.82. The first-order chi connectivity index (χ1) is 20.5. The van der Waals surface area contributed by atoms with Crippen molar-refractivity contribution >= 4 is 28.3 Å². The van der Waals surface area contributed by atoms with E-state index in [0.29, 0.717) is 0 Å². The molecular formula is C32H38F3N5O2S. The minimum atomic E-state index is -5.08. The zero-order valence-corrected chi connectivity index (χ0v) is 25.3. The lowest BCUT2D eigenvalue weighted by Crippen LogP contribution is -2.48. The van der Waals surface area contributed by atoms with E-state index in [1.54, 1.807) is 11.3 Å². The predicted octanol–water partition coefficient (Wildman–Crippen LogP) is 6.36. The number of rotatable bonds is 6. The molecule has 2 aromatic heterocycles. The number of fused-ring (bicyclic) bond motifs is 1. The number of likely N-dealkylation sites (tertiary alicyclic amines) is 1. The monoisotopic (exact) mass is 613 g/mol. The van der Waals surface area contributed by atoms with E-state index in [0.717, 1.165) is 29.3 Å². The maximum absolute atomic E-state index is 10.6. The maximum atomic E-state index is 10.6. The topological polar surface area (TPSA) is 75.7 Å². The zero-order chi connectivity index (χ0) is 30.6. The maximum Gasteiger partial charge on any atom is 0.490 e. The number of hydrogen-bond donors (Lipinski definition) is 2. The Kier molecular flexibility index (Phi) is 9.85. The van der Waals surface area contributed by atoms with E-state index < -0.39 is 12.1 Å². The fraction of sp³-hybridized carbons (Fsp3) is 0.438. The van der Waals surface area contributed by atoms with Gasteiger partial charge in [0.15, 0.2) is 0 Å². The van der Waals surface area contributed by atoms with Crippen LogP contribution in [0.2, 0.25) is 0 Å². The number of thiophene rings is 1. The number of H-pyrrole nitrogens is 1. The summed E-state index contributed by atoms with van der Waals surface area (Å²) in [6.07, 6.45) is -2.32. The van der Waals surface area contributed by atoms with Gasteiger partial charge in [0.05, 0.1) is 15.9 Å². The number of carboxylic acids is 1. The Balaban J connectivity index is 0.000000472. The molecule has 0 amide bonds. The van der Waals surface area contributed by atoms with Crippen LogP contribution in [0.4, 0.5) is 13.2 Å². The van der Waals surface area contributed by atoms with Crippen molar-refractivity contribution in [2.45, 2.75) is 32.5 Å². The molecule has 11 heteroatoms. The molecule has 0 spiro atoms.